The first kappa shape index (κ1) is 16.9. The molecule has 0 fully saturated rings. The van der Waals surface area contributed by atoms with Gasteiger partial charge in [0.2, 0.25) is 0 Å². The van der Waals surface area contributed by atoms with E-state index in [0.717, 1.165) is 5.69 Å². The van der Waals surface area contributed by atoms with Crippen molar-refractivity contribution in [1.29, 1.82) is 0 Å². The van der Waals surface area contributed by atoms with Crippen molar-refractivity contribution in [2.45, 2.75) is 51.9 Å². The summed E-state index contributed by atoms with van der Waals surface area (Å²) in [5.74, 6) is 0. The molecular weight excluding hydrogens is 286 g/mol. The zero-order chi connectivity index (χ0) is 16.4. The number of aromatic nitrogens is 1. The first-order valence-electron chi connectivity index (χ1n) is 7.86. The van der Waals surface area contributed by atoms with Crippen LogP contribution in [0.4, 0.5) is 0 Å². The molecule has 1 aromatic carbocycles. The molecule has 0 radical (unpaired) electrons. The second-order valence-electron chi connectivity index (χ2n) is 7.40. The van der Waals surface area contributed by atoms with Crippen molar-refractivity contribution in [3.05, 3.63) is 65.5 Å². The average Bonchev–Trinajstić information content (AvgIpc) is 2.44. The average molecular weight is 314 g/mol. The van der Waals surface area contributed by atoms with Crippen LogP contribution in [0.15, 0.2) is 48.7 Å². The monoisotopic (exact) mass is 313 g/mol. The molecule has 22 heavy (non-hydrogen) atoms. The Morgan fingerprint density at radius 2 is 1.64 bits per heavy atom. The zero-order valence-electron chi connectivity index (χ0n) is 14.6. The molecule has 3 heteroatoms. The first-order valence-corrected chi connectivity index (χ1v) is 10.8. The number of hydrogen-bond donors (Lipinski definition) is 0. The second-order valence-corrected chi connectivity index (χ2v) is 12.2. The van der Waals surface area contributed by atoms with E-state index in [0.29, 0.717) is 0 Å². The first-order chi connectivity index (χ1) is 10.2. The normalized spacial score (nSPS) is 13.9. The number of benzene rings is 1. The van der Waals surface area contributed by atoms with E-state index in [9.17, 15) is 0 Å². The van der Waals surface area contributed by atoms with Crippen LogP contribution < -0.4 is 0 Å². The molecule has 2 rings (SSSR count). The van der Waals surface area contributed by atoms with Gasteiger partial charge in [0.25, 0.3) is 0 Å². The van der Waals surface area contributed by atoms with E-state index in [1.54, 1.807) is 0 Å². The van der Waals surface area contributed by atoms with Gasteiger partial charge >= 0.3 is 0 Å². The fourth-order valence-corrected chi connectivity index (χ4v) is 3.37. The fourth-order valence-electron chi connectivity index (χ4n) is 2.16. The lowest BCUT2D eigenvalue weighted by atomic mass is 10.0. The predicted octanol–water partition coefficient (Wildman–Crippen LogP) is 5.50. The molecule has 2 nitrogen and oxygen atoms in total. The van der Waals surface area contributed by atoms with Gasteiger partial charge in [-0.3, -0.25) is 4.98 Å². The van der Waals surface area contributed by atoms with Crippen molar-refractivity contribution >= 4 is 8.32 Å². The molecule has 0 aliphatic heterocycles. The Morgan fingerprint density at radius 1 is 1.00 bits per heavy atom. The molecule has 1 unspecified atom stereocenters. The van der Waals surface area contributed by atoms with Gasteiger partial charge in [0.15, 0.2) is 8.32 Å². The van der Waals surface area contributed by atoms with Gasteiger partial charge in [-0.25, -0.2) is 0 Å². The van der Waals surface area contributed by atoms with Crippen LogP contribution in [0.3, 0.4) is 0 Å². The number of hydrogen-bond acceptors (Lipinski definition) is 2. The Balaban J connectivity index is 2.44. The molecule has 0 saturated heterocycles. The smallest absolute Gasteiger partial charge is 0.193 e. The van der Waals surface area contributed by atoms with Gasteiger partial charge in [-0.2, -0.15) is 0 Å². The van der Waals surface area contributed by atoms with Crippen molar-refractivity contribution in [1.82, 2.24) is 4.98 Å². The van der Waals surface area contributed by atoms with Crippen LogP contribution >= 0.6 is 0 Å². The summed E-state index contributed by atoms with van der Waals surface area (Å²) in [6.45, 7) is 13.5. The Kier molecular flexibility index (Phi) is 4.88. The molecular formula is C19H27NOSi. The fraction of sp³-hybridized carbons (Fsp3) is 0.421. The molecule has 1 aromatic heterocycles. The molecule has 1 heterocycles. The maximum absolute atomic E-state index is 6.74. The van der Waals surface area contributed by atoms with Gasteiger partial charge in [0, 0.05) is 11.9 Å². The van der Waals surface area contributed by atoms with Crippen LogP contribution in [-0.2, 0) is 4.43 Å². The summed E-state index contributed by atoms with van der Waals surface area (Å²) < 4.78 is 6.74. The van der Waals surface area contributed by atoms with E-state index in [1.165, 1.54) is 11.1 Å². The van der Waals surface area contributed by atoms with Crippen LogP contribution in [0.2, 0.25) is 18.1 Å². The standard InChI is InChI=1S/C19H27NOSi/c1-15-14-17(12-13-20-15)18(16-10-8-7-9-11-16)21-22(5,6)19(2,3)4/h7-14,18H,1-6H3. The van der Waals surface area contributed by atoms with Gasteiger partial charge < -0.3 is 4.43 Å². The number of pyridine rings is 1. The van der Waals surface area contributed by atoms with Gasteiger partial charge in [0.1, 0.15) is 0 Å². The Bertz CT molecular complexity index is 617. The van der Waals surface area contributed by atoms with Crippen LogP contribution in [0.1, 0.15) is 43.7 Å². The molecule has 0 bridgehead atoms. The minimum Gasteiger partial charge on any atom is -0.406 e. The summed E-state index contributed by atoms with van der Waals surface area (Å²) in [7, 11) is -1.87. The molecule has 0 aliphatic carbocycles. The summed E-state index contributed by atoms with van der Waals surface area (Å²) in [4.78, 5) is 4.32. The minimum absolute atomic E-state index is 0.0243. The number of aryl methyl sites for hydroxylation is 1. The molecule has 118 valence electrons. The molecule has 0 saturated carbocycles. The van der Waals surface area contributed by atoms with Gasteiger partial charge in [0.05, 0.1) is 6.10 Å². The molecule has 1 atom stereocenters. The molecule has 2 aromatic rings. The van der Waals surface area contributed by atoms with Gasteiger partial charge in [-0.1, -0.05) is 51.1 Å². The number of rotatable bonds is 4. The van der Waals surface area contributed by atoms with Gasteiger partial charge in [-0.05, 0) is 48.3 Å². The lowest BCUT2D eigenvalue weighted by molar-refractivity contribution is 0.222. The van der Waals surface area contributed by atoms with E-state index in [-0.39, 0.29) is 11.1 Å². The Labute approximate surface area is 135 Å². The maximum atomic E-state index is 6.74. The highest BCUT2D eigenvalue weighted by molar-refractivity contribution is 6.74. The highest BCUT2D eigenvalue weighted by Gasteiger charge is 2.39. The lowest BCUT2D eigenvalue weighted by Crippen LogP contribution is -2.42. The molecule has 0 aliphatic rings. The van der Waals surface area contributed by atoms with Crippen molar-refractivity contribution in [3.8, 4) is 0 Å². The summed E-state index contributed by atoms with van der Waals surface area (Å²) >= 11 is 0. The van der Waals surface area contributed by atoms with Crippen molar-refractivity contribution in [3.63, 3.8) is 0 Å². The van der Waals surface area contributed by atoms with Crippen LogP contribution in [0.5, 0.6) is 0 Å². The SMILES string of the molecule is Cc1cc(C(O[Si](C)(C)C(C)(C)C)c2ccccc2)ccn1. The second kappa shape index (κ2) is 6.35. The maximum Gasteiger partial charge on any atom is 0.193 e. The quantitative estimate of drug-likeness (QED) is 0.695. The molecule has 0 amide bonds. The highest BCUT2D eigenvalue weighted by atomic mass is 28.4. The van der Waals surface area contributed by atoms with Gasteiger partial charge in [-0.15, -0.1) is 0 Å². The van der Waals surface area contributed by atoms with Crippen molar-refractivity contribution in [2.24, 2.45) is 0 Å². The van der Waals surface area contributed by atoms with E-state index in [2.05, 4.69) is 75.2 Å². The summed E-state index contributed by atoms with van der Waals surface area (Å²) in [5.41, 5.74) is 3.42. The number of nitrogens with zero attached hydrogens (tertiary/aromatic N) is 1. The summed E-state index contributed by atoms with van der Waals surface area (Å²) in [6.07, 6.45) is 1.85. The largest absolute Gasteiger partial charge is 0.406 e. The van der Waals surface area contributed by atoms with Crippen LogP contribution in [0.25, 0.3) is 0 Å². The van der Waals surface area contributed by atoms with E-state index >= 15 is 0 Å². The predicted molar refractivity (Wildman–Crippen MR) is 95.5 cm³/mol. The molecule has 0 spiro atoms. The lowest BCUT2D eigenvalue weighted by Gasteiger charge is -2.39. The topological polar surface area (TPSA) is 22.1 Å². The minimum atomic E-state index is -1.87. The Morgan fingerprint density at radius 3 is 2.18 bits per heavy atom. The summed E-state index contributed by atoms with van der Waals surface area (Å²) in [6, 6.07) is 14.7. The third-order valence-electron chi connectivity index (χ3n) is 4.54. The highest BCUT2D eigenvalue weighted by Crippen LogP contribution is 2.41. The third kappa shape index (κ3) is 3.84. The van der Waals surface area contributed by atoms with Crippen LogP contribution in [-0.4, -0.2) is 13.3 Å². The molecule has 0 N–H and O–H groups in total. The van der Waals surface area contributed by atoms with Crippen molar-refractivity contribution in [2.75, 3.05) is 0 Å². The van der Waals surface area contributed by atoms with Crippen molar-refractivity contribution < 1.29 is 4.43 Å². The Hall–Kier alpha value is -1.45. The third-order valence-corrected chi connectivity index (χ3v) is 8.98. The summed E-state index contributed by atoms with van der Waals surface area (Å²) in [5, 5.41) is 0.183. The van der Waals surface area contributed by atoms with E-state index < -0.39 is 8.32 Å². The van der Waals surface area contributed by atoms with E-state index in [4.69, 9.17) is 4.43 Å². The zero-order valence-corrected chi connectivity index (χ0v) is 15.6. The van der Waals surface area contributed by atoms with Crippen LogP contribution in [0, 0.1) is 6.92 Å². The van der Waals surface area contributed by atoms with E-state index in [1.807, 2.05) is 19.2 Å².